The van der Waals surface area contributed by atoms with E-state index in [-0.39, 0.29) is 11.9 Å². The van der Waals surface area contributed by atoms with Gasteiger partial charge in [0.15, 0.2) is 0 Å². The van der Waals surface area contributed by atoms with Gasteiger partial charge in [-0.15, -0.1) is 0 Å². The predicted molar refractivity (Wildman–Crippen MR) is 105 cm³/mol. The summed E-state index contributed by atoms with van der Waals surface area (Å²) in [5, 5.41) is 3.20. The van der Waals surface area contributed by atoms with Crippen LogP contribution in [0.5, 0.6) is 5.75 Å². The normalized spacial score (nSPS) is 15.6. The van der Waals surface area contributed by atoms with E-state index in [1.54, 1.807) is 7.11 Å². The van der Waals surface area contributed by atoms with Crippen molar-refractivity contribution in [3.63, 3.8) is 0 Å². The van der Waals surface area contributed by atoms with E-state index in [1.807, 2.05) is 24.3 Å². The molecule has 4 nitrogen and oxygen atoms in total. The number of nitrogens with one attached hydrogen (secondary N) is 1. The van der Waals surface area contributed by atoms with Crippen molar-refractivity contribution < 1.29 is 9.53 Å². The van der Waals surface area contributed by atoms with E-state index in [2.05, 4.69) is 41.4 Å². The Hall–Kier alpha value is -2.33. The molecule has 0 saturated carbocycles. The van der Waals surface area contributed by atoms with Crippen LogP contribution in [0.25, 0.3) is 0 Å². The Labute approximate surface area is 156 Å². The minimum Gasteiger partial charge on any atom is -0.496 e. The molecule has 0 bridgehead atoms. The lowest BCUT2D eigenvalue weighted by Gasteiger charge is -2.32. The fraction of sp³-hybridized carbons (Fsp3) is 0.409. The fourth-order valence-corrected chi connectivity index (χ4v) is 3.49. The maximum absolute atomic E-state index is 12.7. The van der Waals surface area contributed by atoms with Gasteiger partial charge in [-0.05, 0) is 42.5 Å². The van der Waals surface area contributed by atoms with Crippen molar-refractivity contribution in [1.29, 1.82) is 0 Å². The first kappa shape index (κ1) is 18.5. The first-order valence-corrected chi connectivity index (χ1v) is 9.43. The molecule has 1 heterocycles. The number of rotatable bonds is 6. The standard InChI is InChI=1S/C22H28N2O2/c1-3-17-9-10-21(26-2)20(15-17)22(25)23-19-11-13-24(14-12-19)16-18-7-5-4-6-8-18/h4-10,15,19H,3,11-14,16H2,1-2H3,(H,23,25). The van der Waals surface area contributed by atoms with Crippen LogP contribution in [-0.4, -0.2) is 37.0 Å². The number of carbonyl (C=O) groups is 1. The summed E-state index contributed by atoms with van der Waals surface area (Å²) in [5.41, 5.74) is 3.13. The lowest BCUT2D eigenvalue weighted by molar-refractivity contribution is 0.0906. The molecule has 0 unspecified atom stereocenters. The van der Waals surface area contributed by atoms with Crippen molar-refractivity contribution in [1.82, 2.24) is 10.2 Å². The van der Waals surface area contributed by atoms with Crippen molar-refractivity contribution >= 4 is 5.91 Å². The fourth-order valence-electron chi connectivity index (χ4n) is 3.49. The van der Waals surface area contributed by atoms with Crippen LogP contribution in [-0.2, 0) is 13.0 Å². The zero-order valence-corrected chi connectivity index (χ0v) is 15.7. The average Bonchev–Trinajstić information content (AvgIpc) is 2.69. The summed E-state index contributed by atoms with van der Waals surface area (Å²) in [4.78, 5) is 15.2. The van der Waals surface area contributed by atoms with E-state index in [1.165, 1.54) is 5.56 Å². The van der Waals surface area contributed by atoms with Gasteiger partial charge in [0.05, 0.1) is 12.7 Å². The van der Waals surface area contributed by atoms with E-state index >= 15 is 0 Å². The highest BCUT2D eigenvalue weighted by molar-refractivity contribution is 5.97. The number of benzene rings is 2. The summed E-state index contributed by atoms with van der Waals surface area (Å²) in [7, 11) is 1.61. The van der Waals surface area contributed by atoms with Crippen LogP contribution in [0.4, 0.5) is 0 Å². The lowest BCUT2D eigenvalue weighted by atomic mass is 10.0. The van der Waals surface area contributed by atoms with Gasteiger partial charge < -0.3 is 10.1 Å². The lowest BCUT2D eigenvalue weighted by Crippen LogP contribution is -2.44. The van der Waals surface area contributed by atoms with Gasteiger partial charge in [0, 0.05) is 25.7 Å². The number of piperidine rings is 1. The van der Waals surface area contributed by atoms with Crippen LogP contribution < -0.4 is 10.1 Å². The second-order valence-electron chi connectivity index (χ2n) is 6.90. The summed E-state index contributed by atoms with van der Waals surface area (Å²) in [6.45, 7) is 5.08. The van der Waals surface area contributed by atoms with Gasteiger partial charge in [0.1, 0.15) is 5.75 Å². The molecule has 1 N–H and O–H groups in total. The number of methoxy groups -OCH3 is 1. The first-order chi connectivity index (χ1) is 12.7. The summed E-state index contributed by atoms with van der Waals surface area (Å²) < 4.78 is 5.37. The number of amides is 1. The zero-order chi connectivity index (χ0) is 18.4. The molecule has 1 aliphatic rings. The first-order valence-electron chi connectivity index (χ1n) is 9.43. The number of ether oxygens (including phenoxy) is 1. The van der Waals surface area contributed by atoms with Crippen molar-refractivity contribution in [2.24, 2.45) is 0 Å². The Kier molecular flexibility index (Phi) is 6.29. The molecule has 0 aromatic heterocycles. The molecular weight excluding hydrogens is 324 g/mol. The van der Waals surface area contributed by atoms with Crippen molar-refractivity contribution in [2.45, 2.75) is 38.8 Å². The summed E-state index contributed by atoms with van der Waals surface area (Å²) in [5.74, 6) is 0.611. The number of hydrogen-bond acceptors (Lipinski definition) is 3. The Balaban J connectivity index is 1.55. The molecule has 0 aliphatic carbocycles. The third kappa shape index (κ3) is 4.64. The molecule has 1 fully saturated rings. The maximum atomic E-state index is 12.7. The molecule has 2 aromatic rings. The second kappa shape index (κ2) is 8.86. The summed E-state index contributed by atoms with van der Waals surface area (Å²) in [6, 6.07) is 16.6. The van der Waals surface area contributed by atoms with Gasteiger partial charge in [-0.1, -0.05) is 43.3 Å². The van der Waals surface area contributed by atoms with Gasteiger partial charge in [-0.2, -0.15) is 0 Å². The van der Waals surface area contributed by atoms with Gasteiger partial charge in [-0.3, -0.25) is 9.69 Å². The highest BCUT2D eigenvalue weighted by Crippen LogP contribution is 2.21. The van der Waals surface area contributed by atoms with Crippen LogP contribution in [0.1, 0.15) is 41.3 Å². The predicted octanol–water partition coefficient (Wildman–Crippen LogP) is 3.65. The van der Waals surface area contributed by atoms with Crippen LogP contribution in [0, 0.1) is 0 Å². The molecule has 1 amide bonds. The maximum Gasteiger partial charge on any atom is 0.255 e. The Morgan fingerprint density at radius 1 is 1.12 bits per heavy atom. The topological polar surface area (TPSA) is 41.6 Å². The summed E-state index contributed by atoms with van der Waals surface area (Å²) in [6.07, 6.45) is 2.87. The Morgan fingerprint density at radius 3 is 2.50 bits per heavy atom. The molecule has 0 radical (unpaired) electrons. The molecule has 3 rings (SSSR count). The van der Waals surface area contributed by atoms with E-state index in [4.69, 9.17) is 4.74 Å². The van der Waals surface area contributed by atoms with Gasteiger partial charge in [0.2, 0.25) is 0 Å². The largest absolute Gasteiger partial charge is 0.496 e. The van der Waals surface area contributed by atoms with E-state index in [0.717, 1.165) is 44.5 Å². The molecule has 26 heavy (non-hydrogen) atoms. The van der Waals surface area contributed by atoms with Crippen molar-refractivity contribution in [3.05, 3.63) is 65.2 Å². The smallest absolute Gasteiger partial charge is 0.255 e. The van der Waals surface area contributed by atoms with Gasteiger partial charge in [-0.25, -0.2) is 0 Å². The van der Waals surface area contributed by atoms with Crippen LogP contribution in [0.15, 0.2) is 48.5 Å². The minimum atomic E-state index is -0.0290. The molecule has 138 valence electrons. The van der Waals surface area contributed by atoms with Crippen molar-refractivity contribution in [2.75, 3.05) is 20.2 Å². The second-order valence-corrected chi connectivity index (χ2v) is 6.90. The molecular formula is C22H28N2O2. The quantitative estimate of drug-likeness (QED) is 0.863. The summed E-state index contributed by atoms with van der Waals surface area (Å²) >= 11 is 0. The highest BCUT2D eigenvalue weighted by Gasteiger charge is 2.22. The highest BCUT2D eigenvalue weighted by atomic mass is 16.5. The number of nitrogens with zero attached hydrogens (tertiary/aromatic N) is 1. The van der Waals surface area contributed by atoms with Gasteiger partial charge in [0.25, 0.3) is 5.91 Å². The number of aryl methyl sites for hydroxylation is 1. The van der Waals surface area contributed by atoms with E-state index < -0.39 is 0 Å². The van der Waals surface area contributed by atoms with Crippen LogP contribution in [0.3, 0.4) is 0 Å². The molecule has 0 spiro atoms. The zero-order valence-electron chi connectivity index (χ0n) is 15.7. The molecule has 2 aromatic carbocycles. The van der Waals surface area contributed by atoms with E-state index in [9.17, 15) is 4.79 Å². The molecule has 4 heteroatoms. The third-order valence-electron chi connectivity index (χ3n) is 5.09. The van der Waals surface area contributed by atoms with Crippen LogP contribution in [0.2, 0.25) is 0 Å². The Bertz CT molecular complexity index is 722. The van der Waals surface area contributed by atoms with E-state index in [0.29, 0.717) is 11.3 Å². The molecule has 1 aliphatic heterocycles. The number of likely N-dealkylation sites (tertiary alicyclic amines) is 1. The van der Waals surface area contributed by atoms with Crippen molar-refractivity contribution in [3.8, 4) is 5.75 Å². The third-order valence-corrected chi connectivity index (χ3v) is 5.09. The monoisotopic (exact) mass is 352 g/mol. The Morgan fingerprint density at radius 2 is 1.85 bits per heavy atom. The minimum absolute atomic E-state index is 0.0290. The molecule has 1 saturated heterocycles. The molecule has 0 atom stereocenters. The number of carbonyl (C=O) groups excluding carboxylic acids is 1. The average molecular weight is 352 g/mol. The number of hydrogen-bond donors (Lipinski definition) is 1. The SMILES string of the molecule is CCc1ccc(OC)c(C(=O)NC2CCN(Cc3ccccc3)CC2)c1. The van der Waals surface area contributed by atoms with Crippen LogP contribution >= 0.6 is 0 Å². The van der Waals surface area contributed by atoms with Gasteiger partial charge >= 0.3 is 0 Å².